The minimum absolute atomic E-state index is 0.112. The second-order valence-corrected chi connectivity index (χ2v) is 6.11. The molecule has 8 nitrogen and oxygen atoms in total. The lowest BCUT2D eigenvalue weighted by Crippen LogP contribution is -2.43. The summed E-state index contributed by atoms with van der Waals surface area (Å²) in [5.74, 6) is 0.216. The molecule has 1 aromatic carbocycles. The number of likely N-dealkylation sites (tertiary alicyclic amines) is 1. The molecule has 8 heteroatoms. The summed E-state index contributed by atoms with van der Waals surface area (Å²) < 4.78 is 10.5. The third-order valence-electron chi connectivity index (χ3n) is 4.35. The Kier molecular flexibility index (Phi) is 4.59. The van der Waals surface area contributed by atoms with E-state index >= 15 is 0 Å². The van der Waals surface area contributed by atoms with Crippen molar-refractivity contribution in [1.29, 1.82) is 0 Å². The summed E-state index contributed by atoms with van der Waals surface area (Å²) >= 11 is 0. The second kappa shape index (κ2) is 6.66. The van der Waals surface area contributed by atoms with Gasteiger partial charge in [-0.15, -0.1) is 0 Å². The van der Waals surface area contributed by atoms with Gasteiger partial charge < -0.3 is 24.6 Å². The maximum absolute atomic E-state index is 12.5. The van der Waals surface area contributed by atoms with Crippen molar-refractivity contribution in [2.24, 2.45) is 0 Å². The van der Waals surface area contributed by atoms with Crippen molar-refractivity contribution >= 4 is 11.9 Å². The van der Waals surface area contributed by atoms with Crippen molar-refractivity contribution in [3.63, 3.8) is 0 Å². The number of carboxylic acid groups (broad SMARTS) is 1. The second-order valence-electron chi connectivity index (χ2n) is 6.11. The van der Waals surface area contributed by atoms with E-state index in [4.69, 9.17) is 14.6 Å². The van der Waals surface area contributed by atoms with Crippen LogP contribution in [-0.2, 0) is 16.0 Å². The zero-order valence-electron chi connectivity index (χ0n) is 13.3. The van der Waals surface area contributed by atoms with Crippen LogP contribution in [0.4, 0.5) is 0 Å². The summed E-state index contributed by atoms with van der Waals surface area (Å²) in [4.78, 5) is 26.4. The Balaban J connectivity index is 1.60. The highest BCUT2D eigenvalue weighted by molar-refractivity contribution is 5.79. The van der Waals surface area contributed by atoms with Gasteiger partial charge in [0.2, 0.25) is 12.7 Å². The van der Waals surface area contributed by atoms with Gasteiger partial charge in [-0.05, 0) is 24.7 Å². The number of fused-ring (bicyclic) bond motifs is 1. The molecular formula is C16H20N2O6. The molecule has 1 amide bonds. The number of aliphatic carboxylic acids is 1. The van der Waals surface area contributed by atoms with Gasteiger partial charge in [0, 0.05) is 13.1 Å². The molecule has 2 aliphatic rings. The molecule has 130 valence electrons. The Morgan fingerprint density at radius 3 is 2.79 bits per heavy atom. The van der Waals surface area contributed by atoms with E-state index in [0.717, 1.165) is 5.56 Å². The highest BCUT2D eigenvalue weighted by Gasteiger charge is 2.36. The van der Waals surface area contributed by atoms with E-state index in [1.54, 1.807) is 29.0 Å². The third kappa shape index (κ3) is 3.44. The van der Waals surface area contributed by atoms with Crippen LogP contribution in [0.25, 0.3) is 0 Å². The van der Waals surface area contributed by atoms with Gasteiger partial charge in [-0.2, -0.15) is 0 Å². The number of amides is 1. The topological polar surface area (TPSA) is 99.5 Å². The lowest BCUT2D eigenvalue weighted by molar-refractivity contribution is -0.138. The van der Waals surface area contributed by atoms with Gasteiger partial charge in [-0.3, -0.25) is 14.5 Å². The smallest absolute Gasteiger partial charge is 0.317 e. The van der Waals surface area contributed by atoms with E-state index in [2.05, 4.69) is 0 Å². The molecule has 1 fully saturated rings. The van der Waals surface area contributed by atoms with Crippen molar-refractivity contribution in [2.45, 2.75) is 18.6 Å². The first-order chi connectivity index (χ1) is 11.4. The fourth-order valence-electron chi connectivity index (χ4n) is 3.07. The number of aliphatic hydroxyl groups excluding tert-OH is 1. The molecular weight excluding hydrogens is 316 g/mol. The molecule has 0 aliphatic carbocycles. The number of benzene rings is 1. The number of aliphatic hydroxyl groups is 1. The molecule has 0 bridgehead atoms. The van der Waals surface area contributed by atoms with Crippen LogP contribution in [0.2, 0.25) is 0 Å². The summed E-state index contributed by atoms with van der Waals surface area (Å²) in [6, 6.07) is 4.99. The summed E-state index contributed by atoms with van der Waals surface area (Å²) in [6.45, 7) is 0.529. The van der Waals surface area contributed by atoms with E-state index in [9.17, 15) is 14.7 Å². The molecule has 2 N–H and O–H groups in total. The summed E-state index contributed by atoms with van der Waals surface area (Å²) in [5, 5.41) is 19.0. The highest BCUT2D eigenvalue weighted by Crippen LogP contribution is 2.32. The Morgan fingerprint density at radius 2 is 2.04 bits per heavy atom. The molecule has 24 heavy (non-hydrogen) atoms. The van der Waals surface area contributed by atoms with Crippen molar-refractivity contribution in [2.75, 3.05) is 33.5 Å². The normalized spacial score (nSPS) is 22.2. The molecule has 0 unspecified atom stereocenters. The van der Waals surface area contributed by atoms with Gasteiger partial charge in [-0.1, -0.05) is 6.07 Å². The van der Waals surface area contributed by atoms with Crippen LogP contribution in [-0.4, -0.2) is 77.5 Å². The molecule has 1 saturated heterocycles. The number of hydrogen-bond acceptors (Lipinski definition) is 6. The number of nitrogens with zero attached hydrogens (tertiary/aromatic N) is 2. The molecule has 0 saturated carbocycles. The zero-order chi connectivity index (χ0) is 17.3. The van der Waals surface area contributed by atoms with Crippen molar-refractivity contribution in [1.82, 2.24) is 9.80 Å². The number of carbonyl (C=O) groups excluding carboxylic acids is 1. The number of ether oxygens (including phenoxy) is 2. The molecule has 1 aromatic rings. The van der Waals surface area contributed by atoms with Gasteiger partial charge in [0.1, 0.15) is 0 Å². The lowest BCUT2D eigenvalue weighted by Gasteiger charge is -2.24. The number of hydrogen-bond donors (Lipinski definition) is 2. The minimum atomic E-state index is -0.963. The number of β-amino-alcohol motifs (C(OH)–C–C–N with tert-alkyl or cyclic N) is 1. The lowest BCUT2D eigenvalue weighted by atomic mass is 10.1. The Labute approximate surface area is 139 Å². The zero-order valence-corrected chi connectivity index (χ0v) is 13.3. The molecule has 0 aromatic heterocycles. The largest absolute Gasteiger partial charge is 0.480 e. The van der Waals surface area contributed by atoms with Crippen molar-refractivity contribution in [3.8, 4) is 11.5 Å². The van der Waals surface area contributed by atoms with Crippen LogP contribution < -0.4 is 9.47 Å². The quantitative estimate of drug-likeness (QED) is 0.751. The van der Waals surface area contributed by atoms with Gasteiger partial charge in [-0.25, -0.2) is 0 Å². The number of rotatable bonds is 5. The van der Waals surface area contributed by atoms with E-state index in [-0.39, 0.29) is 38.3 Å². The highest BCUT2D eigenvalue weighted by atomic mass is 16.7. The minimum Gasteiger partial charge on any atom is -0.480 e. The van der Waals surface area contributed by atoms with Gasteiger partial charge in [0.15, 0.2) is 11.5 Å². The molecule has 0 spiro atoms. The maximum atomic E-state index is 12.5. The number of likely N-dealkylation sites (N-methyl/N-ethyl adjacent to an activating group) is 1. The van der Waals surface area contributed by atoms with Crippen LogP contribution >= 0.6 is 0 Å². The first kappa shape index (κ1) is 16.5. The predicted molar refractivity (Wildman–Crippen MR) is 82.9 cm³/mol. The van der Waals surface area contributed by atoms with Gasteiger partial charge >= 0.3 is 5.97 Å². The summed E-state index contributed by atoms with van der Waals surface area (Å²) in [7, 11) is 1.63. The summed E-state index contributed by atoms with van der Waals surface area (Å²) in [5.41, 5.74) is 0.807. The van der Waals surface area contributed by atoms with Gasteiger partial charge in [0.05, 0.1) is 25.1 Å². The average Bonchev–Trinajstić information content (AvgIpc) is 3.12. The van der Waals surface area contributed by atoms with Gasteiger partial charge in [0.25, 0.3) is 0 Å². The van der Waals surface area contributed by atoms with E-state index in [1.165, 1.54) is 0 Å². The van der Waals surface area contributed by atoms with E-state index in [0.29, 0.717) is 18.0 Å². The SMILES string of the molecule is CN(CC(=O)O)[C@H]1CN(C(=O)Cc2ccc3c(c2)OCO3)C[C@H]1O. The predicted octanol–water partition coefficient (Wildman–Crippen LogP) is -0.454. The van der Waals surface area contributed by atoms with Crippen molar-refractivity contribution in [3.05, 3.63) is 23.8 Å². The third-order valence-corrected chi connectivity index (χ3v) is 4.35. The van der Waals surface area contributed by atoms with E-state index < -0.39 is 12.1 Å². The first-order valence-electron chi connectivity index (χ1n) is 7.70. The molecule has 0 radical (unpaired) electrons. The number of carboxylic acids is 1. The average molecular weight is 336 g/mol. The number of carbonyl (C=O) groups is 2. The molecule has 2 heterocycles. The Bertz CT molecular complexity index is 649. The Hall–Kier alpha value is -2.32. The van der Waals surface area contributed by atoms with E-state index in [1.807, 2.05) is 6.07 Å². The summed E-state index contributed by atoms with van der Waals surface area (Å²) in [6.07, 6.45) is -0.561. The Morgan fingerprint density at radius 1 is 1.29 bits per heavy atom. The van der Waals surface area contributed by atoms with Crippen molar-refractivity contribution < 1.29 is 29.3 Å². The van der Waals surface area contributed by atoms with Crippen LogP contribution in [0.15, 0.2) is 18.2 Å². The fraction of sp³-hybridized carbons (Fsp3) is 0.500. The van der Waals surface area contributed by atoms with Crippen LogP contribution in [0.5, 0.6) is 11.5 Å². The standard InChI is InChI=1S/C16H20N2O6/c1-17(8-16(21)22)11-6-18(7-12(11)19)15(20)5-10-2-3-13-14(4-10)24-9-23-13/h2-4,11-12,19H,5-9H2,1H3,(H,21,22)/t11-,12+/m0/s1. The van der Waals surface area contributed by atoms with Crippen LogP contribution in [0.1, 0.15) is 5.56 Å². The molecule has 3 rings (SSSR count). The first-order valence-corrected chi connectivity index (χ1v) is 7.70. The van der Waals surface area contributed by atoms with Crippen LogP contribution in [0, 0.1) is 0 Å². The maximum Gasteiger partial charge on any atom is 0.317 e. The molecule has 2 atom stereocenters. The fourth-order valence-corrected chi connectivity index (χ4v) is 3.07. The van der Waals surface area contributed by atoms with Crippen LogP contribution in [0.3, 0.4) is 0 Å². The molecule has 2 aliphatic heterocycles. The monoisotopic (exact) mass is 336 g/mol.